The van der Waals surface area contributed by atoms with Crippen molar-refractivity contribution < 1.29 is 0 Å². The SMILES string of the molecule is CNCc1ccc(N(C)c2cc(C)cc(C)c2)c(Br)c1. The Bertz CT molecular complexity index is 588. The first-order chi connectivity index (χ1) is 9.51. The van der Waals surface area contributed by atoms with Gasteiger partial charge in [0.05, 0.1) is 5.69 Å². The summed E-state index contributed by atoms with van der Waals surface area (Å²) in [6, 6.07) is 13.1. The lowest BCUT2D eigenvalue weighted by Gasteiger charge is -2.22. The second kappa shape index (κ2) is 6.42. The molecule has 0 spiro atoms. The standard InChI is InChI=1S/C17H21BrN2/c1-12-7-13(2)9-15(8-12)20(4)17-6-5-14(11-19-3)10-16(17)18/h5-10,19H,11H2,1-4H3. The van der Waals surface area contributed by atoms with E-state index in [2.05, 4.69) is 83.4 Å². The number of halogens is 1. The summed E-state index contributed by atoms with van der Waals surface area (Å²) >= 11 is 3.68. The van der Waals surface area contributed by atoms with Crippen LogP contribution in [0, 0.1) is 13.8 Å². The quantitative estimate of drug-likeness (QED) is 0.883. The van der Waals surface area contributed by atoms with Crippen LogP contribution >= 0.6 is 15.9 Å². The van der Waals surface area contributed by atoms with Crippen molar-refractivity contribution in [1.29, 1.82) is 0 Å². The van der Waals surface area contributed by atoms with Crippen molar-refractivity contribution in [1.82, 2.24) is 5.32 Å². The Morgan fingerprint density at radius 2 is 1.70 bits per heavy atom. The van der Waals surface area contributed by atoms with E-state index in [1.54, 1.807) is 0 Å². The van der Waals surface area contributed by atoms with Crippen LogP contribution in [0.25, 0.3) is 0 Å². The molecular weight excluding hydrogens is 312 g/mol. The van der Waals surface area contributed by atoms with Crippen molar-refractivity contribution in [2.45, 2.75) is 20.4 Å². The summed E-state index contributed by atoms with van der Waals surface area (Å²) in [7, 11) is 4.06. The van der Waals surface area contributed by atoms with Gasteiger partial charge in [-0.2, -0.15) is 0 Å². The fraction of sp³-hybridized carbons (Fsp3) is 0.294. The van der Waals surface area contributed by atoms with Crippen LogP contribution in [-0.4, -0.2) is 14.1 Å². The van der Waals surface area contributed by atoms with Gasteiger partial charge in [0, 0.05) is 23.8 Å². The number of nitrogens with zero attached hydrogens (tertiary/aromatic N) is 1. The van der Waals surface area contributed by atoms with Crippen molar-refractivity contribution in [3.63, 3.8) is 0 Å². The number of rotatable bonds is 4. The van der Waals surface area contributed by atoms with Crippen molar-refractivity contribution in [3.05, 3.63) is 57.6 Å². The molecule has 1 N–H and O–H groups in total. The smallest absolute Gasteiger partial charge is 0.0552 e. The zero-order valence-electron chi connectivity index (χ0n) is 12.5. The minimum absolute atomic E-state index is 0.881. The van der Waals surface area contributed by atoms with E-state index in [0.717, 1.165) is 11.0 Å². The molecule has 0 amide bonds. The van der Waals surface area contributed by atoms with E-state index in [-0.39, 0.29) is 0 Å². The molecule has 0 atom stereocenters. The summed E-state index contributed by atoms with van der Waals surface area (Å²) in [4.78, 5) is 2.22. The van der Waals surface area contributed by atoms with E-state index in [1.807, 2.05) is 7.05 Å². The maximum absolute atomic E-state index is 3.68. The van der Waals surface area contributed by atoms with Gasteiger partial charge in [0.15, 0.2) is 0 Å². The summed E-state index contributed by atoms with van der Waals surface area (Å²) in [5.74, 6) is 0. The predicted octanol–water partition coefficient (Wildman–Crippen LogP) is 4.55. The highest BCUT2D eigenvalue weighted by Crippen LogP contribution is 2.32. The number of benzene rings is 2. The zero-order valence-corrected chi connectivity index (χ0v) is 14.1. The number of aryl methyl sites for hydroxylation is 2. The summed E-state index contributed by atoms with van der Waals surface area (Å²) in [6.45, 7) is 5.15. The number of hydrogen-bond acceptors (Lipinski definition) is 2. The summed E-state index contributed by atoms with van der Waals surface area (Å²) < 4.78 is 1.12. The molecule has 0 bridgehead atoms. The van der Waals surface area contributed by atoms with Gasteiger partial charge in [0.25, 0.3) is 0 Å². The normalized spacial score (nSPS) is 10.7. The first-order valence-corrected chi connectivity index (χ1v) is 7.55. The molecule has 0 saturated heterocycles. The average molecular weight is 333 g/mol. The van der Waals surface area contributed by atoms with E-state index in [1.165, 1.54) is 28.1 Å². The summed E-state index contributed by atoms with van der Waals surface area (Å²) in [6.07, 6.45) is 0. The Morgan fingerprint density at radius 3 is 2.25 bits per heavy atom. The monoisotopic (exact) mass is 332 g/mol. The van der Waals surface area contributed by atoms with E-state index in [4.69, 9.17) is 0 Å². The van der Waals surface area contributed by atoms with Crippen LogP contribution in [0.5, 0.6) is 0 Å². The third-order valence-electron chi connectivity index (χ3n) is 3.35. The van der Waals surface area contributed by atoms with Crippen LogP contribution in [0.3, 0.4) is 0 Å². The Balaban J connectivity index is 2.35. The van der Waals surface area contributed by atoms with Crippen LogP contribution in [-0.2, 0) is 6.54 Å². The molecule has 2 aromatic carbocycles. The average Bonchev–Trinajstić information content (AvgIpc) is 2.37. The molecule has 2 nitrogen and oxygen atoms in total. The molecule has 0 aromatic heterocycles. The second-order valence-corrected chi connectivity index (χ2v) is 6.08. The Hall–Kier alpha value is -1.32. The van der Waals surface area contributed by atoms with Gasteiger partial charge in [-0.1, -0.05) is 12.1 Å². The number of nitrogens with one attached hydrogen (secondary N) is 1. The molecule has 0 aliphatic carbocycles. The van der Waals surface area contributed by atoms with E-state index < -0.39 is 0 Å². The van der Waals surface area contributed by atoms with Crippen molar-refractivity contribution >= 4 is 27.3 Å². The van der Waals surface area contributed by atoms with Crippen LogP contribution in [0.15, 0.2) is 40.9 Å². The predicted molar refractivity (Wildman–Crippen MR) is 90.9 cm³/mol. The van der Waals surface area contributed by atoms with Gasteiger partial charge in [-0.3, -0.25) is 0 Å². The molecule has 0 radical (unpaired) electrons. The molecule has 0 unspecified atom stereocenters. The Kier molecular flexibility index (Phi) is 4.84. The van der Waals surface area contributed by atoms with E-state index >= 15 is 0 Å². The first-order valence-electron chi connectivity index (χ1n) is 6.76. The third-order valence-corrected chi connectivity index (χ3v) is 3.98. The van der Waals surface area contributed by atoms with Crippen LogP contribution < -0.4 is 10.2 Å². The minimum Gasteiger partial charge on any atom is -0.344 e. The largest absolute Gasteiger partial charge is 0.344 e. The van der Waals surface area contributed by atoms with E-state index in [0.29, 0.717) is 0 Å². The third kappa shape index (κ3) is 3.41. The highest BCUT2D eigenvalue weighted by Gasteiger charge is 2.09. The lowest BCUT2D eigenvalue weighted by Crippen LogP contribution is -2.11. The van der Waals surface area contributed by atoms with Gasteiger partial charge in [-0.25, -0.2) is 0 Å². The Labute approximate surface area is 129 Å². The van der Waals surface area contributed by atoms with Gasteiger partial charge in [0.1, 0.15) is 0 Å². The lowest BCUT2D eigenvalue weighted by atomic mass is 10.1. The molecule has 20 heavy (non-hydrogen) atoms. The first kappa shape index (κ1) is 15.1. The van der Waals surface area contributed by atoms with Gasteiger partial charge in [-0.05, 0) is 77.8 Å². The molecule has 0 aliphatic heterocycles. The molecular formula is C17H21BrN2. The lowest BCUT2D eigenvalue weighted by molar-refractivity contribution is 0.817. The molecule has 0 saturated carbocycles. The van der Waals surface area contributed by atoms with Crippen molar-refractivity contribution in [2.75, 3.05) is 19.0 Å². The second-order valence-electron chi connectivity index (χ2n) is 5.22. The molecule has 106 valence electrons. The molecule has 2 rings (SSSR count). The maximum atomic E-state index is 3.68. The highest BCUT2D eigenvalue weighted by molar-refractivity contribution is 9.10. The minimum atomic E-state index is 0.881. The van der Waals surface area contributed by atoms with Gasteiger partial charge in [0.2, 0.25) is 0 Å². The van der Waals surface area contributed by atoms with Crippen LogP contribution in [0.1, 0.15) is 16.7 Å². The zero-order chi connectivity index (χ0) is 14.7. The van der Waals surface area contributed by atoms with Gasteiger partial charge >= 0.3 is 0 Å². The maximum Gasteiger partial charge on any atom is 0.0552 e. The summed E-state index contributed by atoms with van der Waals surface area (Å²) in [5, 5.41) is 3.17. The fourth-order valence-electron chi connectivity index (χ4n) is 2.42. The number of anilines is 2. The fourth-order valence-corrected chi connectivity index (χ4v) is 3.11. The van der Waals surface area contributed by atoms with E-state index in [9.17, 15) is 0 Å². The highest BCUT2D eigenvalue weighted by atomic mass is 79.9. The topological polar surface area (TPSA) is 15.3 Å². The molecule has 2 aromatic rings. The number of hydrogen-bond donors (Lipinski definition) is 1. The van der Waals surface area contributed by atoms with Crippen molar-refractivity contribution in [3.8, 4) is 0 Å². The van der Waals surface area contributed by atoms with Gasteiger partial charge < -0.3 is 10.2 Å². The molecule has 3 heteroatoms. The molecule has 0 aliphatic rings. The van der Waals surface area contributed by atoms with Crippen LogP contribution in [0.4, 0.5) is 11.4 Å². The van der Waals surface area contributed by atoms with Gasteiger partial charge in [-0.15, -0.1) is 0 Å². The van der Waals surface area contributed by atoms with Crippen LogP contribution in [0.2, 0.25) is 0 Å². The molecule has 0 heterocycles. The summed E-state index contributed by atoms with van der Waals surface area (Å²) in [5.41, 5.74) is 6.24. The van der Waals surface area contributed by atoms with Crippen molar-refractivity contribution in [2.24, 2.45) is 0 Å². The molecule has 0 fully saturated rings. The Morgan fingerprint density at radius 1 is 1.05 bits per heavy atom.